The van der Waals surface area contributed by atoms with Crippen molar-refractivity contribution in [3.63, 3.8) is 0 Å². The number of halogens is 2. The molecule has 2 aliphatic heterocycles. The van der Waals surface area contributed by atoms with E-state index in [9.17, 15) is 14.4 Å². The van der Waals surface area contributed by atoms with Crippen LogP contribution in [0.1, 0.15) is 37.0 Å². The highest BCUT2D eigenvalue weighted by molar-refractivity contribution is 6.64. The Morgan fingerprint density at radius 2 is 2.07 bits per heavy atom. The van der Waals surface area contributed by atoms with Gasteiger partial charge in [-0.1, -0.05) is 43.5 Å². The number of nitrogens with one attached hydrogen (secondary N) is 2. The van der Waals surface area contributed by atoms with Crippen molar-refractivity contribution in [2.75, 3.05) is 26.2 Å². The molecule has 2 aliphatic rings. The van der Waals surface area contributed by atoms with Crippen molar-refractivity contribution in [1.82, 2.24) is 5.32 Å². The highest BCUT2D eigenvalue weighted by atomic mass is 35.5. The summed E-state index contributed by atoms with van der Waals surface area (Å²) >= 11 is 12.0. The van der Waals surface area contributed by atoms with E-state index in [0.717, 1.165) is 4.81 Å². The van der Waals surface area contributed by atoms with Gasteiger partial charge < -0.3 is 19.4 Å². The smallest absolute Gasteiger partial charge is 0.530 e. The second-order valence-corrected chi connectivity index (χ2v) is 9.00. The minimum Gasteiger partial charge on any atom is -0.611 e. The van der Waals surface area contributed by atoms with Gasteiger partial charge in [0.15, 0.2) is 0 Å². The van der Waals surface area contributed by atoms with E-state index in [4.69, 9.17) is 32.5 Å². The van der Waals surface area contributed by atoms with Crippen LogP contribution >= 0.6 is 23.2 Å². The lowest BCUT2D eigenvalue weighted by molar-refractivity contribution is -0.781. The molecule has 29 heavy (non-hydrogen) atoms. The first-order valence-electron chi connectivity index (χ1n) is 9.82. The molecule has 0 aromatic heterocycles. The molecule has 1 amide bonds. The summed E-state index contributed by atoms with van der Waals surface area (Å²) < 4.78 is 11.6. The summed E-state index contributed by atoms with van der Waals surface area (Å²) in [4.78, 5) is 37.9. The van der Waals surface area contributed by atoms with Gasteiger partial charge in [0.1, 0.15) is 12.3 Å². The molecule has 0 aliphatic carbocycles. The van der Waals surface area contributed by atoms with Crippen molar-refractivity contribution in [3.8, 4) is 0 Å². The zero-order chi connectivity index (χ0) is 21.2. The van der Waals surface area contributed by atoms with Crippen LogP contribution in [0.25, 0.3) is 0 Å². The lowest BCUT2D eigenvalue weighted by Gasteiger charge is -2.37. The van der Waals surface area contributed by atoms with E-state index >= 15 is 0 Å². The fraction of sp³-hybridized carbons (Fsp3) is 0.526. The predicted octanol–water partition coefficient (Wildman–Crippen LogP) is 1.51. The third kappa shape index (κ3) is 4.94. The Balaban J connectivity index is 1.65. The molecule has 3 atom stereocenters. The number of carbonyl (C=O) groups excluding carboxylic acids is 3. The van der Waals surface area contributed by atoms with Gasteiger partial charge in [0.05, 0.1) is 30.3 Å². The van der Waals surface area contributed by atoms with E-state index in [2.05, 4.69) is 19.2 Å². The molecule has 0 radical (unpaired) electrons. The number of hydrogen-bond acceptors (Lipinski definition) is 5. The first kappa shape index (κ1) is 22.1. The predicted molar refractivity (Wildman–Crippen MR) is 110 cm³/mol. The van der Waals surface area contributed by atoms with Gasteiger partial charge in [-0.25, -0.2) is 0 Å². The average Bonchev–Trinajstić information content (AvgIpc) is 3.17. The summed E-state index contributed by atoms with van der Waals surface area (Å²) in [6.07, 6.45) is 0.856. The lowest BCUT2D eigenvalue weighted by Crippen LogP contribution is -3.19. The number of amides is 1. The molecule has 2 N–H and O–H groups in total. The Morgan fingerprint density at radius 1 is 1.31 bits per heavy atom. The minimum absolute atomic E-state index is 0.147. The van der Waals surface area contributed by atoms with Crippen molar-refractivity contribution in [3.05, 3.63) is 33.8 Å². The van der Waals surface area contributed by atoms with Crippen LogP contribution in [0.2, 0.25) is 15.9 Å². The maximum absolute atomic E-state index is 12.7. The summed E-state index contributed by atoms with van der Waals surface area (Å²) in [5.74, 6) is -0.834. The van der Waals surface area contributed by atoms with Crippen LogP contribution < -0.4 is 10.1 Å². The van der Waals surface area contributed by atoms with Crippen LogP contribution in [0.15, 0.2) is 18.2 Å². The summed E-state index contributed by atoms with van der Waals surface area (Å²) in [7, 11) is 0. The highest BCUT2D eigenvalue weighted by Crippen LogP contribution is 2.33. The number of fused-ring (bicyclic) bond motifs is 1. The number of carbonyl (C=O) groups is 3. The topological polar surface area (TPSA) is 86.1 Å². The fourth-order valence-electron chi connectivity index (χ4n) is 4.35. The highest BCUT2D eigenvalue weighted by Gasteiger charge is 2.59. The Morgan fingerprint density at radius 3 is 2.79 bits per heavy atom. The summed E-state index contributed by atoms with van der Waals surface area (Å²) in [5, 5.41) is 3.25. The van der Waals surface area contributed by atoms with Gasteiger partial charge >= 0.3 is 12.7 Å². The molecule has 0 bridgehead atoms. The largest absolute Gasteiger partial charge is 0.611 e. The van der Waals surface area contributed by atoms with Gasteiger partial charge in [-0.3, -0.25) is 14.4 Å². The molecule has 1 aromatic carbocycles. The van der Waals surface area contributed by atoms with Crippen LogP contribution in [0.4, 0.5) is 0 Å². The number of Topliss-reactive ketones (excluding diaryl/α,β-unsaturated/α-hetero) is 1. The van der Waals surface area contributed by atoms with Gasteiger partial charge in [0.2, 0.25) is 0 Å². The molecule has 0 saturated carbocycles. The molecule has 2 unspecified atom stereocenters. The first-order valence-corrected chi connectivity index (χ1v) is 10.6. The van der Waals surface area contributed by atoms with Crippen LogP contribution in [-0.2, 0) is 18.9 Å². The van der Waals surface area contributed by atoms with Gasteiger partial charge in [0, 0.05) is 5.02 Å². The van der Waals surface area contributed by atoms with Gasteiger partial charge in [0.25, 0.3) is 5.91 Å². The van der Waals surface area contributed by atoms with E-state index in [0.29, 0.717) is 30.5 Å². The Bertz CT molecular complexity index is 822. The zero-order valence-electron chi connectivity index (χ0n) is 16.5. The Kier molecular flexibility index (Phi) is 6.89. The molecule has 2 fully saturated rings. The SMILES string of the molecule is CC(C)C[C@H](CC(=O)CNC(=O)c1cc(Cl)ccc1Cl)[B-]12OCC[NH+]1CC(=O)O2. The second-order valence-electron chi connectivity index (χ2n) is 8.16. The van der Waals surface area contributed by atoms with E-state index in [-0.39, 0.29) is 47.7 Å². The summed E-state index contributed by atoms with van der Waals surface area (Å²) in [6.45, 7) is 3.54. The molecule has 7 nitrogen and oxygen atoms in total. The quantitative estimate of drug-likeness (QED) is 0.596. The normalized spacial score (nSPS) is 24.3. The Hall–Kier alpha value is -1.61. The maximum Gasteiger partial charge on any atom is 0.530 e. The minimum atomic E-state index is -1.89. The lowest BCUT2D eigenvalue weighted by atomic mass is 9.53. The third-order valence-electron chi connectivity index (χ3n) is 5.54. The zero-order valence-corrected chi connectivity index (χ0v) is 18.0. The molecule has 1 aromatic rings. The van der Waals surface area contributed by atoms with E-state index in [1.165, 1.54) is 12.1 Å². The van der Waals surface area contributed by atoms with Gasteiger partial charge in [-0.2, -0.15) is 0 Å². The molecular formula is C19H25BCl2N2O5. The fourth-order valence-corrected chi connectivity index (χ4v) is 4.73. The molecule has 2 heterocycles. The molecule has 158 valence electrons. The molecule has 0 spiro atoms. The third-order valence-corrected chi connectivity index (χ3v) is 6.10. The van der Waals surface area contributed by atoms with Gasteiger partial charge in [-0.15, -0.1) is 0 Å². The molecule has 2 saturated heterocycles. The molecular weight excluding hydrogens is 418 g/mol. The monoisotopic (exact) mass is 442 g/mol. The number of hydrogen-bond donors (Lipinski definition) is 2. The number of quaternary nitrogens is 1. The average molecular weight is 443 g/mol. The van der Waals surface area contributed by atoms with Crippen molar-refractivity contribution < 1.29 is 28.5 Å². The van der Waals surface area contributed by atoms with E-state index in [1.807, 2.05) is 0 Å². The second kappa shape index (κ2) is 9.04. The molecule has 10 heteroatoms. The van der Waals surface area contributed by atoms with Crippen molar-refractivity contribution in [2.24, 2.45) is 5.92 Å². The maximum atomic E-state index is 12.7. The number of benzene rings is 1. The van der Waals surface area contributed by atoms with Crippen molar-refractivity contribution >= 4 is 47.5 Å². The van der Waals surface area contributed by atoms with Gasteiger partial charge in [-0.05, 0) is 36.4 Å². The standard InChI is InChI=1S/C19H25BCl2N2O5/c1-12(2)7-13(20-24(5-6-28-20)11-18(26)29-20)8-15(25)10-23-19(27)16-9-14(21)3-4-17(16)22/h3-4,9,12-13,24H,5-8,10-11H2,1-2H3,(H,23,27)/t13-,20?/m1/s1. The van der Waals surface area contributed by atoms with E-state index < -0.39 is 12.6 Å². The molecule has 3 rings (SSSR count). The van der Waals surface area contributed by atoms with Crippen molar-refractivity contribution in [1.29, 1.82) is 0 Å². The van der Waals surface area contributed by atoms with Crippen LogP contribution in [0, 0.1) is 5.92 Å². The summed E-state index contributed by atoms with van der Waals surface area (Å²) in [5.41, 5.74) is 0.216. The Labute approximate surface area is 180 Å². The number of rotatable bonds is 8. The summed E-state index contributed by atoms with van der Waals surface area (Å²) in [6, 6.07) is 4.57. The van der Waals surface area contributed by atoms with Crippen molar-refractivity contribution in [2.45, 2.75) is 32.5 Å². The number of ketones is 1. The van der Waals surface area contributed by atoms with Crippen LogP contribution in [0.5, 0.6) is 0 Å². The van der Waals surface area contributed by atoms with E-state index in [1.54, 1.807) is 6.07 Å². The van der Waals surface area contributed by atoms with Crippen LogP contribution in [0.3, 0.4) is 0 Å². The van der Waals surface area contributed by atoms with Crippen LogP contribution in [-0.4, -0.2) is 50.6 Å². The first-order chi connectivity index (χ1) is 13.7.